The second-order valence-corrected chi connectivity index (χ2v) is 26.5. The average Bonchev–Trinajstić information content (AvgIpc) is 1.62. The molecule has 0 bridgehead atoms. The molecule has 454 valence electrons. The zero-order chi connectivity index (χ0) is 64.6. The van der Waals surface area contributed by atoms with Crippen LogP contribution in [-0.4, -0.2) is 0 Å². The summed E-state index contributed by atoms with van der Waals surface area (Å²) in [5.74, 6) is 0. The van der Waals surface area contributed by atoms with Gasteiger partial charge >= 0.3 is 0 Å². The summed E-state index contributed by atoms with van der Waals surface area (Å²) < 4.78 is 0. The van der Waals surface area contributed by atoms with Gasteiger partial charge < -0.3 is 0 Å². The highest BCUT2D eigenvalue weighted by atomic mass is 14.4. The molecule has 0 nitrogen and oxygen atoms in total. The van der Waals surface area contributed by atoms with Crippen molar-refractivity contribution in [2.24, 2.45) is 0 Å². The second kappa shape index (κ2) is 23.7. The number of hydrogen-bond donors (Lipinski definition) is 0. The SMILES string of the molecule is CC1(C)c2ccccc2-c2ccc(-c3c4ccccc4c(-c4ccc5c(-c6ccccc6)c6ccccc6c(-c6ccccc6)c5c4)c4ccccc34)cc21.c1ccc(-c2c3ccccc3c(-c3ccccc3)c3cc(-c4ccc(-c5cccc6ccccc56)cc4)ccc23)cc1. The number of hydrogen-bond acceptors (Lipinski definition) is 0. The van der Waals surface area contributed by atoms with Crippen LogP contribution in [0.1, 0.15) is 25.0 Å². The standard InChI is InChI=1S/C55H38.C42H28/c1-55(2)49-28-16-15-21-39(49)40-31-29-38(34-50(40)55)54-45-26-13-11-24-43(45)53(44-25-12-14-27-46(44)54)37-30-32-47-48(33-37)52(36-19-7-4-8-20-36)42-23-10-9-22-41(42)51(47)35-17-5-3-6-18-35;1-3-13-32(14-4-1)41-37-19-9-10-20-38(37)42(33-15-5-2-6-16-33)40-28-34(26-27-39(40)41)29-22-24-31(25-23-29)36-21-11-17-30-12-7-8-18-35(30)36/h3-34H,1-2H3;1-28H. The van der Waals surface area contributed by atoms with Gasteiger partial charge in [0.05, 0.1) is 0 Å². The van der Waals surface area contributed by atoms with Crippen molar-refractivity contribution < 1.29 is 0 Å². The molecule has 0 aromatic heterocycles. The van der Waals surface area contributed by atoms with E-state index in [9.17, 15) is 0 Å². The van der Waals surface area contributed by atoms with E-state index in [1.54, 1.807) is 0 Å². The van der Waals surface area contributed by atoms with Crippen molar-refractivity contribution in [1.29, 1.82) is 0 Å². The smallest absolute Gasteiger partial charge is 0.0159 e. The van der Waals surface area contributed by atoms with E-state index in [1.807, 2.05) is 0 Å². The minimum absolute atomic E-state index is 0.0716. The average molecular weight is 1230 g/mol. The first-order valence-corrected chi connectivity index (χ1v) is 33.9. The van der Waals surface area contributed by atoms with Crippen LogP contribution < -0.4 is 0 Å². The summed E-state index contributed by atoms with van der Waals surface area (Å²) in [5.41, 5.74) is 25.5. The maximum atomic E-state index is 2.47. The molecule has 0 spiro atoms. The fourth-order valence-electron chi connectivity index (χ4n) is 16.3. The monoisotopic (exact) mass is 1230 g/mol. The summed E-state index contributed by atoms with van der Waals surface area (Å²) in [4.78, 5) is 0. The van der Waals surface area contributed by atoms with Crippen molar-refractivity contribution in [2.45, 2.75) is 19.3 Å². The lowest BCUT2D eigenvalue weighted by molar-refractivity contribution is 0.660. The van der Waals surface area contributed by atoms with Crippen LogP contribution in [0.2, 0.25) is 0 Å². The lowest BCUT2D eigenvalue weighted by Gasteiger charge is -2.23. The van der Waals surface area contributed by atoms with E-state index >= 15 is 0 Å². The predicted octanol–water partition coefficient (Wildman–Crippen LogP) is 27.1. The predicted molar refractivity (Wildman–Crippen MR) is 416 cm³/mol. The molecule has 0 radical (unpaired) electrons. The minimum Gasteiger partial charge on any atom is -0.0622 e. The van der Waals surface area contributed by atoms with Gasteiger partial charge in [-0.15, -0.1) is 0 Å². The summed E-state index contributed by atoms with van der Waals surface area (Å²) in [6, 6.07) is 134. The van der Waals surface area contributed by atoms with Gasteiger partial charge in [-0.05, 0) is 205 Å². The maximum Gasteiger partial charge on any atom is 0.0159 e. The Hall–Kier alpha value is -12.2. The normalized spacial score (nSPS) is 12.3. The Morgan fingerprint density at radius 1 is 0.155 bits per heavy atom. The van der Waals surface area contributed by atoms with Crippen LogP contribution in [0.3, 0.4) is 0 Å². The van der Waals surface area contributed by atoms with Gasteiger partial charge in [0.1, 0.15) is 0 Å². The van der Waals surface area contributed by atoms with Gasteiger partial charge in [-0.1, -0.05) is 360 Å². The molecule has 18 aromatic rings. The van der Waals surface area contributed by atoms with Gasteiger partial charge in [-0.2, -0.15) is 0 Å². The molecule has 97 heavy (non-hydrogen) atoms. The first-order chi connectivity index (χ1) is 47.9. The van der Waals surface area contributed by atoms with Gasteiger partial charge in [0.15, 0.2) is 0 Å². The summed E-state index contributed by atoms with van der Waals surface area (Å²) in [6.07, 6.45) is 0. The van der Waals surface area contributed by atoms with Crippen molar-refractivity contribution in [1.82, 2.24) is 0 Å². The first kappa shape index (κ1) is 57.4. The molecule has 1 aliphatic carbocycles. The van der Waals surface area contributed by atoms with E-state index in [0.29, 0.717) is 0 Å². The molecule has 1 aliphatic rings. The Balaban J connectivity index is 0.000000146. The Morgan fingerprint density at radius 2 is 0.443 bits per heavy atom. The Bertz CT molecular complexity index is 6040. The van der Waals surface area contributed by atoms with E-state index in [0.717, 1.165) is 0 Å². The summed E-state index contributed by atoms with van der Waals surface area (Å²) in [7, 11) is 0. The largest absolute Gasteiger partial charge is 0.0622 e. The van der Waals surface area contributed by atoms with Crippen molar-refractivity contribution in [2.75, 3.05) is 0 Å². The molecule has 0 saturated heterocycles. The molecule has 0 atom stereocenters. The lowest BCUT2D eigenvalue weighted by Crippen LogP contribution is -2.14. The zero-order valence-corrected chi connectivity index (χ0v) is 54.1. The van der Waals surface area contributed by atoms with Gasteiger partial charge in [0, 0.05) is 5.41 Å². The zero-order valence-electron chi connectivity index (χ0n) is 54.1. The van der Waals surface area contributed by atoms with Crippen molar-refractivity contribution in [3.05, 3.63) is 375 Å². The molecular formula is C97H66. The highest BCUT2D eigenvalue weighted by molar-refractivity contribution is 6.26. The highest BCUT2D eigenvalue weighted by Crippen LogP contribution is 2.53. The second-order valence-electron chi connectivity index (χ2n) is 26.5. The first-order valence-electron chi connectivity index (χ1n) is 33.9. The molecular weight excluding hydrogens is 1170 g/mol. The van der Waals surface area contributed by atoms with Crippen LogP contribution in [0.4, 0.5) is 0 Å². The number of fused-ring (bicyclic) bond motifs is 10. The van der Waals surface area contributed by atoms with Gasteiger partial charge in [-0.25, -0.2) is 0 Å². The van der Waals surface area contributed by atoms with E-state index in [-0.39, 0.29) is 5.41 Å². The molecule has 19 rings (SSSR count). The van der Waals surface area contributed by atoms with E-state index < -0.39 is 0 Å². The molecule has 0 saturated carbocycles. The third-order valence-corrected chi connectivity index (χ3v) is 20.7. The molecule has 0 fully saturated rings. The molecule has 0 amide bonds. The van der Waals surface area contributed by atoms with Gasteiger partial charge in [0.25, 0.3) is 0 Å². The van der Waals surface area contributed by atoms with Crippen LogP contribution >= 0.6 is 0 Å². The van der Waals surface area contributed by atoms with Crippen molar-refractivity contribution >= 4 is 75.4 Å². The van der Waals surface area contributed by atoms with Gasteiger partial charge in [0.2, 0.25) is 0 Å². The maximum absolute atomic E-state index is 2.47. The summed E-state index contributed by atoms with van der Waals surface area (Å²) in [6.45, 7) is 4.74. The topological polar surface area (TPSA) is 0 Å². The quantitative estimate of drug-likeness (QED) is 0.133. The van der Waals surface area contributed by atoms with Crippen LogP contribution in [0.15, 0.2) is 364 Å². The summed E-state index contributed by atoms with van der Waals surface area (Å²) >= 11 is 0. The van der Waals surface area contributed by atoms with Crippen LogP contribution in [0, 0.1) is 0 Å². The highest BCUT2D eigenvalue weighted by Gasteiger charge is 2.36. The molecule has 0 aliphatic heterocycles. The van der Waals surface area contributed by atoms with E-state index in [4.69, 9.17) is 0 Å². The fourth-order valence-corrected chi connectivity index (χ4v) is 16.3. The van der Waals surface area contributed by atoms with Crippen LogP contribution in [-0.2, 0) is 5.41 Å². The fraction of sp³-hybridized carbons (Fsp3) is 0.0309. The van der Waals surface area contributed by atoms with E-state index in [1.165, 1.54) is 187 Å². The number of rotatable bonds is 8. The van der Waals surface area contributed by atoms with E-state index in [2.05, 4.69) is 378 Å². The molecule has 0 heterocycles. The van der Waals surface area contributed by atoms with Crippen molar-refractivity contribution in [3.8, 4) is 100 Å². The third-order valence-electron chi connectivity index (χ3n) is 20.7. The Labute approximate surface area is 566 Å². The Kier molecular flexibility index (Phi) is 14.0. The lowest BCUT2D eigenvalue weighted by atomic mass is 9.80. The van der Waals surface area contributed by atoms with Crippen LogP contribution in [0.5, 0.6) is 0 Å². The molecule has 0 N–H and O–H groups in total. The minimum atomic E-state index is -0.0716. The molecule has 0 heteroatoms. The molecule has 18 aromatic carbocycles. The third kappa shape index (κ3) is 9.66. The summed E-state index contributed by atoms with van der Waals surface area (Å²) in [5, 5.41) is 17.8. The van der Waals surface area contributed by atoms with Gasteiger partial charge in [-0.3, -0.25) is 0 Å². The Morgan fingerprint density at radius 3 is 0.907 bits per heavy atom. The van der Waals surface area contributed by atoms with Crippen molar-refractivity contribution in [3.63, 3.8) is 0 Å². The number of benzene rings is 18. The van der Waals surface area contributed by atoms with Crippen LogP contribution in [0.25, 0.3) is 176 Å². The molecule has 0 unspecified atom stereocenters.